The smallest absolute Gasteiger partial charge is 0.0558 e. The van der Waals surface area contributed by atoms with E-state index in [2.05, 4.69) is 36.1 Å². The first-order chi connectivity index (χ1) is 6.22. The summed E-state index contributed by atoms with van der Waals surface area (Å²) in [7, 11) is 2.01. The second kappa shape index (κ2) is 5.00. The Bertz CT molecular complexity index is 260. The highest BCUT2D eigenvalue weighted by molar-refractivity contribution is 5.21. The third-order valence-electron chi connectivity index (χ3n) is 2.02. The molecule has 1 rings (SSSR count). The van der Waals surface area contributed by atoms with Crippen LogP contribution in [0.5, 0.6) is 0 Å². The third kappa shape index (κ3) is 3.57. The van der Waals surface area contributed by atoms with Crippen molar-refractivity contribution in [2.24, 2.45) is 0 Å². The van der Waals surface area contributed by atoms with Gasteiger partial charge in [-0.05, 0) is 19.5 Å². The molecule has 0 saturated carbocycles. The molecular formula is C11H17NO. The highest BCUT2D eigenvalue weighted by atomic mass is 16.3. The van der Waals surface area contributed by atoms with Crippen LogP contribution in [0.4, 0.5) is 0 Å². The van der Waals surface area contributed by atoms with Gasteiger partial charge in [-0.3, -0.25) is 4.90 Å². The van der Waals surface area contributed by atoms with Crippen LogP contribution in [0.1, 0.15) is 11.1 Å². The molecule has 0 amide bonds. The van der Waals surface area contributed by atoms with Crippen LogP contribution in [-0.2, 0) is 6.54 Å². The van der Waals surface area contributed by atoms with E-state index in [-0.39, 0.29) is 6.61 Å². The number of hydrogen-bond acceptors (Lipinski definition) is 2. The minimum atomic E-state index is 0.225. The van der Waals surface area contributed by atoms with Crippen LogP contribution in [0.25, 0.3) is 0 Å². The highest BCUT2D eigenvalue weighted by Crippen LogP contribution is 2.05. The lowest BCUT2D eigenvalue weighted by molar-refractivity contribution is 0.217. The average Bonchev–Trinajstić information content (AvgIpc) is 2.04. The summed E-state index contributed by atoms with van der Waals surface area (Å²) in [6.07, 6.45) is 0. The molecule has 0 spiro atoms. The Kier molecular flexibility index (Phi) is 3.93. The minimum absolute atomic E-state index is 0.225. The largest absolute Gasteiger partial charge is 0.395 e. The number of rotatable bonds is 4. The SMILES string of the molecule is Cc1cccc(CN(C)CCO)c1. The van der Waals surface area contributed by atoms with Gasteiger partial charge in [-0.15, -0.1) is 0 Å². The summed E-state index contributed by atoms with van der Waals surface area (Å²) in [4.78, 5) is 2.11. The van der Waals surface area contributed by atoms with E-state index in [0.717, 1.165) is 13.1 Å². The standard InChI is InChI=1S/C11H17NO/c1-10-4-3-5-11(8-10)9-12(2)6-7-13/h3-5,8,13H,6-7,9H2,1-2H3. The molecule has 13 heavy (non-hydrogen) atoms. The van der Waals surface area contributed by atoms with Gasteiger partial charge >= 0.3 is 0 Å². The van der Waals surface area contributed by atoms with E-state index in [1.165, 1.54) is 11.1 Å². The van der Waals surface area contributed by atoms with Crippen LogP contribution < -0.4 is 0 Å². The maximum absolute atomic E-state index is 8.73. The first-order valence-electron chi connectivity index (χ1n) is 4.57. The summed E-state index contributed by atoms with van der Waals surface area (Å²) >= 11 is 0. The summed E-state index contributed by atoms with van der Waals surface area (Å²) in [5.74, 6) is 0. The molecule has 0 aliphatic rings. The number of nitrogens with zero attached hydrogens (tertiary/aromatic N) is 1. The van der Waals surface area contributed by atoms with Gasteiger partial charge in [-0.25, -0.2) is 0 Å². The molecule has 0 aromatic heterocycles. The molecule has 1 N–H and O–H groups in total. The van der Waals surface area contributed by atoms with Gasteiger partial charge in [-0.2, -0.15) is 0 Å². The van der Waals surface area contributed by atoms with Crippen molar-refractivity contribution < 1.29 is 5.11 Å². The molecule has 0 atom stereocenters. The fourth-order valence-electron chi connectivity index (χ4n) is 1.37. The second-order valence-corrected chi connectivity index (χ2v) is 3.45. The fraction of sp³-hybridized carbons (Fsp3) is 0.455. The van der Waals surface area contributed by atoms with Crippen molar-refractivity contribution in [3.05, 3.63) is 35.4 Å². The Hall–Kier alpha value is -0.860. The predicted octanol–water partition coefficient (Wildman–Crippen LogP) is 1.42. The minimum Gasteiger partial charge on any atom is -0.395 e. The molecule has 0 fully saturated rings. The molecule has 0 heterocycles. The van der Waals surface area contributed by atoms with E-state index in [0.29, 0.717) is 0 Å². The lowest BCUT2D eigenvalue weighted by atomic mass is 10.1. The Labute approximate surface area is 79.8 Å². The highest BCUT2D eigenvalue weighted by Gasteiger charge is 1.98. The topological polar surface area (TPSA) is 23.5 Å². The maximum Gasteiger partial charge on any atom is 0.0558 e. The van der Waals surface area contributed by atoms with E-state index in [9.17, 15) is 0 Å². The third-order valence-corrected chi connectivity index (χ3v) is 2.02. The summed E-state index contributed by atoms with van der Waals surface area (Å²) in [5.41, 5.74) is 2.59. The van der Waals surface area contributed by atoms with Crippen LogP contribution in [-0.4, -0.2) is 30.2 Å². The predicted molar refractivity (Wildman–Crippen MR) is 54.6 cm³/mol. The Morgan fingerprint density at radius 3 is 2.77 bits per heavy atom. The normalized spacial score (nSPS) is 10.8. The van der Waals surface area contributed by atoms with Gasteiger partial charge in [0.15, 0.2) is 0 Å². The van der Waals surface area contributed by atoms with E-state index in [1.807, 2.05) is 7.05 Å². The molecule has 0 unspecified atom stereocenters. The first kappa shape index (κ1) is 10.2. The van der Waals surface area contributed by atoms with E-state index < -0.39 is 0 Å². The monoisotopic (exact) mass is 179 g/mol. The van der Waals surface area contributed by atoms with E-state index >= 15 is 0 Å². The number of aryl methyl sites for hydroxylation is 1. The number of benzene rings is 1. The van der Waals surface area contributed by atoms with Crippen molar-refractivity contribution >= 4 is 0 Å². The number of likely N-dealkylation sites (N-methyl/N-ethyl adjacent to an activating group) is 1. The Morgan fingerprint density at radius 1 is 1.38 bits per heavy atom. The van der Waals surface area contributed by atoms with Crippen molar-refractivity contribution in [2.75, 3.05) is 20.2 Å². The summed E-state index contributed by atoms with van der Waals surface area (Å²) in [6.45, 7) is 3.95. The fourth-order valence-corrected chi connectivity index (χ4v) is 1.37. The molecule has 2 nitrogen and oxygen atoms in total. The van der Waals surface area contributed by atoms with Gasteiger partial charge in [0.2, 0.25) is 0 Å². The summed E-state index contributed by atoms with van der Waals surface area (Å²) in [5, 5.41) is 8.73. The van der Waals surface area contributed by atoms with Crippen molar-refractivity contribution in [1.82, 2.24) is 4.90 Å². The van der Waals surface area contributed by atoms with Crippen LogP contribution in [0.2, 0.25) is 0 Å². The number of hydrogen-bond donors (Lipinski definition) is 1. The molecule has 0 aliphatic carbocycles. The number of aliphatic hydroxyl groups is 1. The van der Waals surface area contributed by atoms with Crippen LogP contribution in [0, 0.1) is 6.92 Å². The van der Waals surface area contributed by atoms with E-state index in [4.69, 9.17) is 5.11 Å². The molecule has 0 radical (unpaired) electrons. The van der Waals surface area contributed by atoms with Crippen molar-refractivity contribution in [3.8, 4) is 0 Å². The molecule has 1 aromatic carbocycles. The van der Waals surface area contributed by atoms with Gasteiger partial charge in [-0.1, -0.05) is 29.8 Å². The molecule has 0 bridgehead atoms. The second-order valence-electron chi connectivity index (χ2n) is 3.45. The maximum atomic E-state index is 8.73. The van der Waals surface area contributed by atoms with Crippen molar-refractivity contribution in [3.63, 3.8) is 0 Å². The zero-order chi connectivity index (χ0) is 9.68. The lowest BCUT2D eigenvalue weighted by Crippen LogP contribution is -2.21. The molecule has 0 saturated heterocycles. The van der Waals surface area contributed by atoms with Gasteiger partial charge in [0.1, 0.15) is 0 Å². The molecule has 1 aromatic rings. The first-order valence-corrected chi connectivity index (χ1v) is 4.57. The summed E-state index contributed by atoms with van der Waals surface area (Å²) in [6, 6.07) is 8.45. The molecule has 0 aliphatic heterocycles. The van der Waals surface area contributed by atoms with Crippen LogP contribution in [0.3, 0.4) is 0 Å². The van der Waals surface area contributed by atoms with Gasteiger partial charge in [0.25, 0.3) is 0 Å². The lowest BCUT2D eigenvalue weighted by Gasteiger charge is -2.15. The number of aliphatic hydroxyl groups excluding tert-OH is 1. The van der Waals surface area contributed by atoms with Crippen molar-refractivity contribution in [1.29, 1.82) is 0 Å². The van der Waals surface area contributed by atoms with Crippen LogP contribution in [0.15, 0.2) is 24.3 Å². The Balaban J connectivity index is 2.53. The van der Waals surface area contributed by atoms with Crippen molar-refractivity contribution in [2.45, 2.75) is 13.5 Å². The van der Waals surface area contributed by atoms with E-state index in [1.54, 1.807) is 0 Å². The average molecular weight is 179 g/mol. The van der Waals surface area contributed by atoms with Crippen LogP contribution >= 0.6 is 0 Å². The van der Waals surface area contributed by atoms with Gasteiger partial charge < -0.3 is 5.11 Å². The summed E-state index contributed by atoms with van der Waals surface area (Å²) < 4.78 is 0. The Morgan fingerprint density at radius 2 is 2.15 bits per heavy atom. The van der Waals surface area contributed by atoms with Gasteiger partial charge in [0, 0.05) is 13.1 Å². The molecule has 72 valence electrons. The zero-order valence-corrected chi connectivity index (χ0v) is 8.33. The quantitative estimate of drug-likeness (QED) is 0.755. The zero-order valence-electron chi connectivity index (χ0n) is 8.33. The molecule has 2 heteroatoms. The molecular weight excluding hydrogens is 162 g/mol. The van der Waals surface area contributed by atoms with Gasteiger partial charge in [0.05, 0.1) is 6.61 Å².